The van der Waals surface area contributed by atoms with Crippen LogP contribution in [0, 0.1) is 0 Å². The van der Waals surface area contributed by atoms with Crippen molar-refractivity contribution in [2.75, 3.05) is 0 Å². The number of carbonyl (C=O) groups excluding carboxylic acids is 1. The average Bonchev–Trinajstić information content (AvgIpc) is 2.31. The third-order valence-electron chi connectivity index (χ3n) is 2.01. The van der Waals surface area contributed by atoms with Gasteiger partial charge in [-0.1, -0.05) is 12.7 Å². The number of carbonyl (C=O) groups is 1. The van der Waals surface area contributed by atoms with Gasteiger partial charge in [0.1, 0.15) is 0 Å². The van der Waals surface area contributed by atoms with Crippen molar-refractivity contribution in [3.8, 4) is 0 Å². The molecule has 2 heteroatoms. The molecule has 0 aromatic carbocycles. The van der Waals surface area contributed by atoms with Crippen molar-refractivity contribution < 1.29 is 4.79 Å². The van der Waals surface area contributed by atoms with Crippen LogP contribution in [0.4, 0.5) is 0 Å². The van der Waals surface area contributed by atoms with E-state index in [9.17, 15) is 4.79 Å². The molecule has 1 aliphatic carbocycles. The molecule has 0 spiro atoms. The van der Waals surface area contributed by atoms with Crippen molar-refractivity contribution in [1.29, 1.82) is 0 Å². The monoisotopic (exact) mass is 147 g/mol. The zero-order valence-electron chi connectivity index (χ0n) is 6.18. The summed E-state index contributed by atoms with van der Waals surface area (Å²) in [4.78, 5) is 10.9. The molecule has 0 saturated heterocycles. The van der Waals surface area contributed by atoms with E-state index >= 15 is 0 Å². The molecule has 0 bridgehead atoms. The van der Waals surface area contributed by atoms with Gasteiger partial charge in [0.15, 0.2) is 0 Å². The van der Waals surface area contributed by atoms with Crippen LogP contribution in [-0.4, -0.2) is 5.91 Å². The summed E-state index contributed by atoms with van der Waals surface area (Å²) in [6.45, 7) is 3.89. The molecule has 2 nitrogen and oxygen atoms in total. The molecule has 1 N–H and O–H groups in total. The van der Waals surface area contributed by atoms with Gasteiger partial charge in [-0.05, 0) is 23.6 Å². The number of hydrogen-bond donors (Lipinski definition) is 1. The average molecular weight is 147 g/mol. The number of amides is 1. The zero-order chi connectivity index (χ0) is 7.84. The van der Waals surface area contributed by atoms with Gasteiger partial charge in [-0.2, -0.15) is 0 Å². The van der Waals surface area contributed by atoms with Gasteiger partial charge in [0.25, 0.3) is 0 Å². The summed E-state index contributed by atoms with van der Waals surface area (Å²) >= 11 is 0. The number of allylic oxidation sites excluding steroid dienone is 3. The predicted octanol–water partition coefficient (Wildman–Crippen LogP) is 1.28. The van der Waals surface area contributed by atoms with E-state index in [1.165, 1.54) is 0 Å². The molecule has 0 fully saturated rings. The largest absolute Gasteiger partial charge is 0.326 e. The van der Waals surface area contributed by atoms with Crippen molar-refractivity contribution in [3.63, 3.8) is 0 Å². The maximum atomic E-state index is 10.9. The first-order chi connectivity index (χ1) is 5.27. The number of rotatable bonds is 0. The van der Waals surface area contributed by atoms with E-state index in [0.29, 0.717) is 6.42 Å². The highest BCUT2D eigenvalue weighted by Crippen LogP contribution is 2.28. The van der Waals surface area contributed by atoms with Crippen LogP contribution in [0.3, 0.4) is 0 Å². The van der Waals surface area contributed by atoms with Crippen LogP contribution >= 0.6 is 0 Å². The van der Waals surface area contributed by atoms with Crippen molar-refractivity contribution in [2.45, 2.75) is 12.8 Å². The Hall–Kier alpha value is -1.31. The van der Waals surface area contributed by atoms with E-state index in [0.717, 1.165) is 23.3 Å². The van der Waals surface area contributed by atoms with E-state index in [1.807, 2.05) is 12.2 Å². The Bertz CT molecular complexity index is 297. The summed E-state index contributed by atoms with van der Waals surface area (Å²) in [5.74, 6) is 0.0858. The first kappa shape index (κ1) is 6.40. The Morgan fingerprint density at radius 1 is 1.55 bits per heavy atom. The zero-order valence-corrected chi connectivity index (χ0v) is 6.18. The smallest absolute Gasteiger partial charge is 0.228 e. The van der Waals surface area contributed by atoms with Gasteiger partial charge in [-0.25, -0.2) is 0 Å². The summed E-state index contributed by atoms with van der Waals surface area (Å²) < 4.78 is 0. The number of hydrogen-bond acceptors (Lipinski definition) is 1. The molecule has 1 amide bonds. The fourth-order valence-electron chi connectivity index (χ4n) is 1.43. The van der Waals surface area contributed by atoms with Gasteiger partial charge in [0, 0.05) is 5.70 Å². The molecule has 0 aromatic rings. The Morgan fingerprint density at radius 2 is 2.36 bits per heavy atom. The van der Waals surface area contributed by atoms with E-state index in [-0.39, 0.29) is 5.91 Å². The summed E-state index contributed by atoms with van der Waals surface area (Å²) in [6, 6.07) is 0. The van der Waals surface area contributed by atoms with E-state index in [1.54, 1.807) is 0 Å². The van der Waals surface area contributed by atoms with Gasteiger partial charge in [0.2, 0.25) is 5.91 Å². The minimum absolute atomic E-state index is 0.0858. The Morgan fingerprint density at radius 3 is 3.09 bits per heavy atom. The lowest BCUT2D eigenvalue weighted by Crippen LogP contribution is -2.13. The summed E-state index contributed by atoms with van der Waals surface area (Å²) in [5.41, 5.74) is 3.12. The second-order valence-corrected chi connectivity index (χ2v) is 2.83. The highest BCUT2D eigenvalue weighted by molar-refractivity contribution is 5.86. The second-order valence-electron chi connectivity index (χ2n) is 2.83. The van der Waals surface area contributed by atoms with Crippen LogP contribution in [0.1, 0.15) is 12.8 Å². The van der Waals surface area contributed by atoms with Gasteiger partial charge < -0.3 is 5.32 Å². The molecule has 0 atom stereocenters. The molecule has 0 saturated carbocycles. The molecule has 1 aliphatic heterocycles. The van der Waals surface area contributed by atoms with Crippen molar-refractivity contribution in [3.05, 3.63) is 35.6 Å². The van der Waals surface area contributed by atoms with Gasteiger partial charge in [-0.3, -0.25) is 4.79 Å². The van der Waals surface area contributed by atoms with Crippen LogP contribution in [0.15, 0.2) is 35.6 Å². The molecule has 11 heavy (non-hydrogen) atoms. The van der Waals surface area contributed by atoms with Crippen LogP contribution in [0.25, 0.3) is 0 Å². The van der Waals surface area contributed by atoms with Gasteiger partial charge >= 0.3 is 0 Å². The van der Waals surface area contributed by atoms with Gasteiger partial charge in [0.05, 0.1) is 6.42 Å². The predicted molar refractivity (Wildman–Crippen MR) is 42.7 cm³/mol. The normalized spacial score (nSPS) is 22.2. The van der Waals surface area contributed by atoms with Gasteiger partial charge in [-0.15, -0.1) is 0 Å². The highest BCUT2D eigenvalue weighted by atomic mass is 16.1. The SMILES string of the molecule is C=C1CC=CC2=C1CC(=O)N2. The molecule has 1 heterocycles. The first-order valence-corrected chi connectivity index (χ1v) is 3.65. The van der Waals surface area contributed by atoms with Crippen LogP contribution in [0.5, 0.6) is 0 Å². The fourth-order valence-corrected chi connectivity index (χ4v) is 1.43. The molecule has 0 unspecified atom stereocenters. The molecule has 2 rings (SSSR count). The topological polar surface area (TPSA) is 29.1 Å². The second kappa shape index (κ2) is 2.09. The minimum Gasteiger partial charge on any atom is -0.326 e. The van der Waals surface area contributed by atoms with Crippen LogP contribution in [-0.2, 0) is 4.79 Å². The Kier molecular flexibility index (Phi) is 1.22. The molecular formula is C9H9NO. The lowest BCUT2D eigenvalue weighted by molar-refractivity contribution is -0.118. The standard InChI is InChI=1S/C9H9NO/c1-6-3-2-4-8-7(6)5-9(11)10-8/h2,4H,1,3,5H2,(H,10,11). The molecule has 56 valence electrons. The highest BCUT2D eigenvalue weighted by Gasteiger charge is 2.22. The minimum atomic E-state index is 0.0858. The summed E-state index contributed by atoms with van der Waals surface area (Å²) in [6.07, 6.45) is 5.37. The number of nitrogens with one attached hydrogen (secondary N) is 1. The quantitative estimate of drug-likeness (QED) is 0.549. The lowest BCUT2D eigenvalue weighted by atomic mass is 9.97. The lowest BCUT2D eigenvalue weighted by Gasteiger charge is -2.08. The third-order valence-corrected chi connectivity index (χ3v) is 2.01. The van der Waals surface area contributed by atoms with Crippen LogP contribution in [0.2, 0.25) is 0 Å². The fraction of sp³-hybridized carbons (Fsp3) is 0.222. The maximum Gasteiger partial charge on any atom is 0.228 e. The van der Waals surface area contributed by atoms with E-state index < -0.39 is 0 Å². The molecular weight excluding hydrogens is 138 g/mol. The van der Waals surface area contributed by atoms with Crippen LogP contribution < -0.4 is 5.32 Å². The maximum absolute atomic E-state index is 10.9. The Balaban J connectivity index is 2.40. The summed E-state index contributed by atoms with van der Waals surface area (Å²) in [7, 11) is 0. The Labute approximate surface area is 65.3 Å². The van der Waals surface area contributed by atoms with E-state index in [4.69, 9.17) is 0 Å². The van der Waals surface area contributed by atoms with Crippen molar-refractivity contribution in [2.24, 2.45) is 0 Å². The third kappa shape index (κ3) is 0.909. The van der Waals surface area contributed by atoms with Crippen molar-refractivity contribution >= 4 is 5.91 Å². The summed E-state index contributed by atoms with van der Waals surface area (Å²) in [5, 5.41) is 2.78. The van der Waals surface area contributed by atoms with Crippen molar-refractivity contribution in [1.82, 2.24) is 5.32 Å². The molecule has 0 radical (unpaired) electrons. The molecule has 0 aromatic heterocycles. The van der Waals surface area contributed by atoms with E-state index in [2.05, 4.69) is 11.9 Å². The molecule has 2 aliphatic rings. The first-order valence-electron chi connectivity index (χ1n) is 3.65.